The monoisotopic (exact) mass is 433 g/mol. The zero-order chi connectivity index (χ0) is 21.7. The Morgan fingerprint density at radius 3 is 1.70 bits per heavy atom. The summed E-state index contributed by atoms with van der Waals surface area (Å²) in [4.78, 5) is 0. The summed E-state index contributed by atoms with van der Waals surface area (Å²) in [5, 5.41) is 9.79. The Morgan fingerprint density at radius 1 is 0.933 bits per heavy atom. The molecule has 0 heterocycles. The fourth-order valence-corrected chi connectivity index (χ4v) is 5.38. The van der Waals surface area contributed by atoms with Crippen LogP contribution in [0.1, 0.15) is 37.3 Å². The first kappa shape index (κ1) is 22.6. The van der Waals surface area contributed by atoms with Gasteiger partial charge in [-0.15, -0.1) is 0 Å². The molecule has 1 saturated carbocycles. The molecule has 0 amide bonds. The number of sulfonamides is 1. The fraction of sp³-hybridized carbons (Fsp3) is 0.478. The normalized spacial score (nSPS) is 16.7. The van der Waals surface area contributed by atoms with Crippen molar-refractivity contribution in [2.24, 2.45) is 5.92 Å². The van der Waals surface area contributed by atoms with Crippen LogP contribution in [0.25, 0.3) is 0 Å². The Hall–Kier alpha value is -2.09. The molecule has 0 bridgehead atoms. The Kier molecular flexibility index (Phi) is 7.39. The summed E-state index contributed by atoms with van der Waals surface area (Å²) in [6, 6.07) is 14.7. The highest BCUT2D eigenvalue weighted by atomic mass is 32.2. The maximum absolute atomic E-state index is 13.5. The molecule has 1 aliphatic rings. The van der Waals surface area contributed by atoms with Crippen LogP contribution in [0.15, 0.2) is 48.5 Å². The first-order valence-corrected chi connectivity index (χ1v) is 11.8. The van der Waals surface area contributed by atoms with Crippen molar-refractivity contribution in [3.8, 4) is 11.5 Å². The number of methoxy groups -OCH3 is 2. The molecule has 6 nitrogen and oxygen atoms in total. The third-order valence-corrected chi connectivity index (χ3v) is 8.18. The number of nitrogens with zero attached hydrogens (tertiary/aromatic N) is 1. The molecule has 1 N–H and O–H groups in total. The van der Waals surface area contributed by atoms with Crippen molar-refractivity contribution < 1.29 is 23.0 Å². The van der Waals surface area contributed by atoms with Gasteiger partial charge in [-0.1, -0.05) is 30.7 Å². The van der Waals surface area contributed by atoms with Crippen molar-refractivity contribution in [1.29, 1.82) is 0 Å². The number of hydrogen-bond donors (Lipinski definition) is 1. The molecule has 2 aromatic rings. The molecule has 2 atom stereocenters. The van der Waals surface area contributed by atoms with Gasteiger partial charge in [-0.2, -0.15) is 4.31 Å². The van der Waals surface area contributed by atoms with Crippen LogP contribution in [0.5, 0.6) is 11.5 Å². The smallest absolute Gasteiger partial charge is 0.219 e. The lowest BCUT2D eigenvalue weighted by molar-refractivity contribution is 0.0606. The van der Waals surface area contributed by atoms with E-state index in [0.717, 1.165) is 41.9 Å². The molecule has 0 aliphatic heterocycles. The maximum Gasteiger partial charge on any atom is 0.219 e. The first-order chi connectivity index (χ1) is 14.3. The average Bonchev–Trinajstić information content (AvgIpc) is 2.72. The van der Waals surface area contributed by atoms with Gasteiger partial charge in [0.05, 0.1) is 25.6 Å². The van der Waals surface area contributed by atoms with Crippen LogP contribution in [-0.4, -0.2) is 43.4 Å². The SMILES string of the molecule is COc1ccc(CN(Cc2ccc(OC)cc2)S(=O)(=O)[C@@H](C)[C@H](O)C2CCC2)cc1. The van der Waals surface area contributed by atoms with E-state index in [1.807, 2.05) is 48.5 Å². The fourth-order valence-electron chi connectivity index (χ4n) is 3.68. The molecule has 7 heteroatoms. The van der Waals surface area contributed by atoms with Gasteiger partial charge in [-0.05, 0) is 61.1 Å². The quantitative estimate of drug-likeness (QED) is 0.620. The Balaban J connectivity index is 1.85. The third-order valence-electron chi connectivity index (χ3n) is 5.98. The van der Waals surface area contributed by atoms with Gasteiger partial charge in [0.25, 0.3) is 0 Å². The number of aliphatic hydroxyl groups excluding tert-OH is 1. The predicted molar refractivity (Wildman–Crippen MR) is 117 cm³/mol. The summed E-state index contributed by atoms with van der Waals surface area (Å²) < 4.78 is 38.8. The second kappa shape index (κ2) is 9.81. The topological polar surface area (TPSA) is 76.1 Å². The molecule has 164 valence electrons. The van der Waals surface area contributed by atoms with Crippen LogP contribution in [0.3, 0.4) is 0 Å². The molecular weight excluding hydrogens is 402 g/mol. The van der Waals surface area contributed by atoms with Gasteiger partial charge < -0.3 is 14.6 Å². The molecule has 30 heavy (non-hydrogen) atoms. The Morgan fingerprint density at radius 2 is 1.37 bits per heavy atom. The second-order valence-corrected chi connectivity index (χ2v) is 10.2. The number of rotatable bonds is 10. The van der Waals surface area contributed by atoms with Crippen molar-refractivity contribution in [2.75, 3.05) is 14.2 Å². The number of hydrogen-bond acceptors (Lipinski definition) is 5. The standard InChI is InChI=1S/C23H31NO5S/c1-17(23(25)20-5-4-6-20)30(26,27)24(15-18-7-11-21(28-2)12-8-18)16-19-9-13-22(29-3)14-10-19/h7-14,17,20,23,25H,4-6,15-16H2,1-3H3/t17-,23-/m0/s1. The lowest BCUT2D eigenvalue weighted by atomic mass is 9.80. The van der Waals surface area contributed by atoms with Crippen LogP contribution >= 0.6 is 0 Å². The zero-order valence-corrected chi connectivity index (χ0v) is 18.6. The summed E-state index contributed by atoms with van der Waals surface area (Å²) in [5.74, 6) is 1.51. The number of ether oxygens (including phenoxy) is 2. The molecule has 2 aromatic carbocycles. The summed E-state index contributed by atoms with van der Waals surface area (Å²) in [5.41, 5.74) is 1.72. The van der Waals surface area contributed by atoms with E-state index in [0.29, 0.717) is 0 Å². The summed E-state index contributed by atoms with van der Waals surface area (Å²) >= 11 is 0. The highest BCUT2D eigenvalue weighted by molar-refractivity contribution is 7.89. The van der Waals surface area contributed by atoms with Gasteiger partial charge >= 0.3 is 0 Å². The summed E-state index contributed by atoms with van der Waals surface area (Å²) in [7, 11) is -0.536. The van der Waals surface area contributed by atoms with Crippen LogP contribution in [0, 0.1) is 5.92 Å². The van der Waals surface area contributed by atoms with E-state index in [9.17, 15) is 13.5 Å². The van der Waals surface area contributed by atoms with E-state index in [4.69, 9.17) is 9.47 Å². The largest absolute Gasteiger partial charge is 0.497 e. The van der Waals surface area contributed by atoms with Crippen molar-refractivity contribution in [3.05, 3.63) is 59.7 Å². The van der Waals surface area contributed by atoms with Gasteiger partial charge in [-0.3, -0.25) is 0 Å². The van der Waals surface area contributed by atoms with Gasteiger partial charge in [0.2, 0.25) is 10.0 Å². The van der Waals surface area contributed by atoms with Gasteiger partial charge in [0.1, 0.15) is 11.5 Å². The Labute approximate surface area is 179 Å². The maximum atomic E-state index is 13.5. The van der Waals surface area contributed by atoms with E-state index in [-0.39, 0.29) is 19.0 Å². The minimum absolute atomic E-state index is 0.0681. The lowest BCUT2D eigenvalue weighted by Crippen LogP contribution is -2.46. The number of aliphatic hydroxyl groups is 1. The summed E-state index contributed by atoms with van der Waals surface area (Å²) in [6.07, 6.45) is 1.98. The molecule has 0 aromatic heterocycles. The highest BCUT2D eigenvalue weighted by Crippen LogP contribution is 2.33. The lowest BCUT2D eigenvalue weighted by Gasteiger charge is -2.35. The van der Waals surface area contributed by atoms with E-state index >= 15 is 0 Å². The minimum Gasteiger partial charge on any atom is -0.497 e. The molecular formula is C23H31NO5S. The summed E-state index contributed by atoms with van der Waals surface area (Å²) in [6.45, 7) is 2.06. The molecule has 3 rings (SSSR count). The highest BCUT2D eigenvalue weighted by Gasteiger charge is 2.39. The predicted octanol–water partition coefficient (Wildman–Crippen LogP) is 3.59. The average molecular weight is 434 g/mol. The van der Waals surface area contributed by atoms with E-state index in [2.05, 4.69) is 0 Å². The van der Waals surface area contributed by atoms with E-state index < -0.39 is 21.4 Å². The van der Waals surface area contributed by atoms with Crippen LogP contribution in [0.2, 0.25) is 0 Å². The Bertz CT molecular complexity index is 858. The second-order valence-electron chi connectivity index (χ2n) is 7.90. The van der Waals surface area contributed by atoms with Crippen LogP contribution in [-0.2, 0) is 23.1 Å². The van der Waals surface area contributed by atoms with E-state index in [1.54, 1.807) is 21.1 Å². The zero-order valence-electron chi connectivity index (χ0n) is 17.8. The van der Waals surface area contributed by atoms with Crippen molar-refractivity contribution in [2.45, 2.75) is 50.6 Å². The van der Waals surface area contributed by atoms with Crippen LogP contribution in [0.4, 0.5) is 0 Å². The minimum atomic E-state index is -3.73. The molecule has 0 radical (unpaired) electrons. The van der Waals surface area contributed by atoms with Crippen molar-refractivity contribution in [3.63, 3.8) is 0 Å². The molecule has 1 aliphatic carbocycles. The molecule has 1 fully saturated rings. The van der Waals surface area contributed by atoms with Crippen molar-refractivity contribution in [1.82, 2.24) is 4.31 Å². The van der Waals surface area contributed by atoms with Gasteiger partial charge in [0.15, 0.2) is 0 Å². The van der Waals surface area contributed by atoms with E-state index in [1.165, 1.54) is 4.31 Å². The molecule has 0 spiro atoms. The van der Waals surface area contributed by atoms with Crippen molar-refractivity contribution >= 4 is 10.0 Å². The van der Waals surface area contributed by atoms with Gasteiger partial charge in [-0.25, -0.2) is 8.42 Å². The molecule has 0 unspecified atom stereocenters. The third kappa shape index (κ3) is 5.14. The van der Waals surface area contributed by atoms with Crippen LogP contribution < -0.4 is 9.47 Å². The molecule has 0 saturated heterocycles. The first-order valence-electron chi connectivity index (χ1n) is 10.3. The number of benzene rings is 2. The van der Waals surface area contributed by atoms with Gasteiger partial charge in [0, 0.05) is 13.1 Å².